The van der Waals surface area contributed by atoms with E-state index in [0.29, 0.717) is 12.2 Å². The standard InChI is InChI=1S/C17H19BrN2O3.C13H17BN2O2/c1-17(2,3)23-16(22)19-14-6-4-5-12(9-14)10-20-11-13(18)7-8-15(20)21;1-12(2)13(3,4)18-14(17-12)10-6-5-9-8-15-16-11(9)7-10/h4-9,11H,10H2,1-3H3,(H,19,22);5-8H,1-4H3,(H,15,16). The molecular weight excluding hydrogens is 587 g/mol. The first-order chi connectivity index (χ1) is 19.1. The van der Waals surface area contributed by atoms with Crippen LogP contribution in [0.1, 0.15) is 54.0 Å². The molecule has 0 unspecified atom stereocenters. The molecule has 0 spiro atoms. The number of hydrogen-bond acceptors (Lipinski definition) is 6. The molecule has 2 aromatic carbocycles. The van der Waals surface area contributed by atoms with E-state index in [-0.39, 0.29) is 23.9 Å². The highest BCUT2D eigenvalue weighted by molar-refractivity contribution is 9.10. The highest BCUT2D eigenvalue weighted by Crippen LogP contribution is 2.36. The van der Waals surface area contributed by atoms with Gasteiger partial charge in [0.15, 0.2) is 0 Å². The van der Waals surface area contributed by atoms with Gasteiger partial charge >= 0.3 is 13.2 Å². The second kappa shape index (κ2) is 11.8. The summed E-state index contributed by atoms with van der Waals surface area (Å²) in [5.41, 5.74) is 2.30. The normalized spacial score (nSPS) is 15.8. The molecule has 3 heterocycles. The molecule has 1 amide bonds. The SMILES string of the molecule is CC(C)(C)OC(=O)Nc1cccc(Cn2cc(Br)ccc2=O)c1.CC1(C)OB(c2ccc3cn[nH]c3c2)OC1(C)C. The molecule has 1 aliphatic heterocycles. The molecule has 1 fully saturated rings. The maximum atomic E-state index is 11.8. The zero-order valence-electron chi connectivity index (χ0n) is 24.4. The molecule has 9 nitrogen and oxygen atoms in total. The molecule has 0 saturated carbocycles. The van der Waals surface area contributed by atoms with Crippen molar-refractivity contribution in [3.8, 4) is 0 Å². The van der Waals surface area contributed by atoms with Crippen molar-refractivity contribution in [2.45, 2.75) is 71.8 Å². The fraction of sp³-hybridized carbons (Fsp3) is 0.367. The molecule has 1 aliphatic rings. The maximum absolute atomic E-state index is 11.8. The Hall–Kier alpha value is -3.41. The molecule has 11 heteroatoms. The number of nitrogens with one attached hydrogen (secondary N) is 2. The van der Waals surface area contributed by atoms with Crippen LogP contribution in [0, 0.1) is 0 Å². The second-order valence-corrected chi connectivity index (χ2v) is 12.9. The first-order valence-electron chi connectivity index (χ1n) is 13.4. The van der Waals surface area contributed by atoms with Crippen molar-refractivity contribution in [2.75, 3.05) is 5.32 Å². The molecule has 2 aromatic heterocycles. The number of H-pyrrole nitrogens is 1. The molecule has 0 atom stereocenters. The van der Waals surface area contributed by atoms with E-state index >= 15 is 0 Å². The molecule has 4 aromatic rings. The minimum Gasteiger partial charge on any atom is -0.444 e. The number of ether oxygens (including phenoxy) is 1. The number of carbonyl (C=O) groups is 1. The van der Waals surface area contributed by atoms with Crippen LogP contribution in [0.25, 0.3) is 10.9 Å². The van der Waals surface area contributed by atoms with Gasteiger partial charge in [-0.05, 0) is 99.7 Å². The van der Waals surface area contributed by atoms with Crippen molar-refractivity contribution in [3.63, 3.8) is 0 Å². The Balaban J connectivity index is 0.000000194. The smallest absolute Gasteiger partial charge is 0.444 e. The van der Waals surface area contributed by atoms with Gasteiger partial charge in [-0.2, -0.15) is 5.10 Å². The number of fused-ring (bicyclic) bond motifs is 1. The second-order valence-electron chi connectivity index (χ2n) is 11.9. The van der Waals surface area contributed by atoms with Crippen LogP contribution in [0.3, 0.4) is 0 Å². The molecule has 1 saturated heterocycles. The van der Waals surface area contributed by atoms with Crippen LogP contribution >= 0.6 is 15.9 Å². The Labute approximate surface area is 248 Å². The third-order valence-electron chi connectivity index (χ3n) is 6.86. The summed E-state index contributed by atoms with van der Waals surface area (Å²) < 4.78 is 19.7. The summed E-state index contributed by atoms with van der Waals surface area (Å²) in [6.45, 7) is 14.1. The highest BCUT2D eigenvalue weighted by Gasteiger charge is 2.51. The lowest BCUT2D eigenvalue weighted by atomic mass is 9.79. The summed E-state index contributed by atoms with van der Waals surface area (Å²) in [6, 6.07) is 16.6. The first-order valence-corrected chi connectivity index (χ1v) is 14.1. The van der Waals surface area contributed by atoms with E-state index in [4.69, 9.17) is 14.0 Å². The largest absolute Gasteiger partial charge is 0.494 e. The van der Waals surface area contributed by atoms with Gasteiger partial charge in [0, 0.05) is 27.8 Å². The van der Waals surface area contributed by atoms with Crippen molar-refractivity contribution in [1.82, 2.24) is 14.8 Å². The Bertz CT molecular complexity index is 1580. The number of amides is 1. The van der Waals surface area contributed by atoms with Crippen molar-refractivity contribution in [2.24, 2.45) is 0 Å². The molecule has 41 heavy (non-hydrogen) atoms. The fourth-order valence-electron chi connectivity index (χ4n) is 4.07. The van der Waals surface area contributed by atoms with E-state index < -0.39 is 11.7 Å². The number of nitrogens with zero attached hydrogens (tertiary/aromatic N) is 2. The highest BCUT2D eigenvalue weighted by atomic mass is 79.9. The summed E-state index contributed by atoms with van der Waals surface area (Å²) in [5, 5.41) is 10.8. The first kappa shape index (κ1) is 30.6. The molecule has 0 bridgehead atoms. The third-order valence-corrected chi connectivity index (χ3v) is 7.33. The van der Waals surface area contributed by atoms with E-state index in [9.17, 15) is 9.59 Å². The van der Waals surface area contributed by atoms with Gasteiger partial charge in [-0.25, -0.2) is 4.79 Å². The molecule has 0 radical (unpaired) electrons. The number of aromatic amines is 1. The summed E-state index contributed by atoms with van der Waals surface area (Å²) in [6.07, 6.45) is 3.04. The number of anilines is 1. The van der Waals surface area contributed by atoms with Crippen molar-refractivity contribution in [1.29, 1.82) is 0 Å². The van der Waals surface area contributed by atoms with Crippen LogP contribution in [0.4, 0.5) is 10.5 Å². The molecule has 0 aliphatic carbocycles. The Morgan fingerprint density at radius 1 is 1.07 bits per heavy atom. The van der Waals surface area contributed by atoms with Gasteiger partial charge < -0.3 is 18.6 Å². The predicted octanol–water partition coefficient (Wildman–Crippen LogP) is 5.87. The average Bonchev–Trinajstić information content (AvgIpc) is 3.41. The lowest BCUT2D eigenvalue weighted by Crippen LogP contribution is -2.41. The number of pyridine rings is 1. The van der Waals surface area contributed by atoms with E-state index in [1.54, 1.807) is 22.9 Å². The number of hydrogen-bond donors (Lipinski definition) is 2. The van der Waals surface area contributed by atoms with Gasteiger partial charge in [-0.15, -0.1) is 0 Å². The van der Waals surface area contributed by atoms with Crippen molar-refractivity contribution < 1.29 is 18.8 Å². The lowest BCUT2D eigenvalue weighted by molar-refractivity contribution is 0.00578. The minimum absolute atomic E-state index is 0.0845. The van der Waals surface area contributed by atoms with Gasteiger partial charge in [-0.3, -0.25) is 15.2 Å². The van der Waals surface area contributed by atoms with Crippen LogP contribution in [0.2, 0.25) is 0 Å². The van der Waals surface area contributed by atoms with Crippen LogP contribution in [0.5, 0.6) is 0 Å². The summed E-state index contributed by atoms with van der Waals surface area (Å²) in [5.74, 6) is 0. The Morgan fingerprint density at radius 2 is 1.78 bits per heavy atom. The topological polar surface area (TPSA) is 107 Å². The molecule has 2 N–H and O–H groups in total. The number of aromatic nitrogens is 3. The number of halogens is 1. The van der Waals surface area contributed by atoms with Crippen LogP contribution in [-0.2, 0) is 20.6 Å². The van der Waals surface area contributed by atoms with E-state index in [1.165, 1.54) is 6.07 Å². The number of rotatable bonds is 4. The summed E-state index contributed by atoms with van der Waals surface area (Å²) in [4.78, 5) is 23.6. The van der Waals surface area contributed by atoms with Gasteiger partial charge in [-0.1, -0.05) is 24.3 Å². The number of carbonyl (C=O) groups excluding carboxylic acids is 1. The van der Waals surface area contributed by atoms with Crippen molar-refractivity contribution >= 4 is 51.2 Å². The lowest BCUT2D eigenvalue weighted by Gasteiger charge is -2.32. The fourth-order valence-corrected chi connectivity index (χ4v) is 4.45. The van der Waals surface area contributed by atoms with E-state index in [0.717, 1.165) is 26.4 Å². The van der Waals surface area contributed by atoms with Crippen molar-refractivity contribution in [3.05, 3.63) is 87.4 Å². The summed E-state index contributed by atoms with van der Waals surface area (Å²) in [7, 11) is -0.317. The van der Waals surface area contributed by atoms with Crippen LogP contribution < -0.4 is 16.3 Å². The van der Waals surface area contributed by atoms with Gasteiger partial charge in [0.25, 0.3) is 5.56 Å². The van der Waals surface area contributed by atoms with Gasteiger partial charge in [0.1, 0.15) is 5.60 Å². The molecule has 216 valence electrons. The zero-order chi connectivity index (χ0) is 30.0. The Morgan fingerprint density at radius 3 is 2.46 bits per heavy atom. The predicted molar refractivity (Wildman–Crippen MR) is 166 cm³/mol. The third kappa shape index (κ3) is 7.87. The zero-order valence-corrected chi connectivity index (χ0v) is 26.0. The van der Waals surface area contributed by atoms with E-state index in [1.807, 2.05) is 63.4 Å². The van der Waals surface area contributed by atoms with Gasteiger partial charge in [0.05, 0.1) is 29.5 Å². The van der Waals surface area contributed by atoms with Gasteiger partial charge in [0.2, 0.25) is 0 Å². The quantitative estimate of drug-likeness (QED) is 0.276. The van der Waals surface area contributed by atoms with E-state index in [2.05, 4.69) is 59.1 Å². The maximum Gasteiger partial charge on any atom is 0.494 e. The van der Waals surface area contributed by atoms with Crippen LogP contribution in [0.15, 0.2) is 76.3 Å². The monoisotopic (exact) mass is 622 g/mol. The van der Waals surface area contributed by atoms with Crippen LogP contribution in [-0.4, -0.2) is 44.8 Å². The minimum atomic E-state index is -0.550. The molecular formula is C30H36BBrN4O5. The number of benzene rings is 2. The summed E-state index contributed by atoms with van der Waals surface area (Å²) >= 11 is 3.35. The average molecular weight is 623 g/mol. The Kier molecular flexibility index (Phi) is 8.82. The molecule has 5 rings (SSSR count).